The van der Waals surface area contributed by atoms with Gasteiger partial charge in [0.25, 0.3) is 0 Å². The number of aliphatic hydroxyl groups excluding tert-OH is 2. The van der Waals surface area contributed by atoms with Crippen LogP contribution in [-0.4, -0.2) is 27.0 Å². The summed E-state index contributed by atoms with van der Waals surface area (Å²) in [6, 6.07) is 3.09. The van der Waals surface area contributed by atoms with E-state index in [0.29, 0.717) is 6.42 Å². The van der Waals surface area contributed by atoms with Crippen molar-refractivity contribution < 1.29 is 20.4 Å². The Morgan fingerprint density at radius 3 is 2.64 bits per heavy atom. The van der Waals surface area contributed by atoms with Crippen LogP contribution in [0.4, 0.5) is 0 Å². The van der Waals surface area contributed by atoms with Gasteiger partial charge in [-0.3, -0.25) is 0 Å². The van der Waals surface area contributed by atoms with Gasteiger partial charge >= 0.3 is 0 Å². The van der Waals surface area contributed by atoms with Crippen molar-refractivity contribution in [3.8, 4) is 11.5 Å². The van der Waals surface area contributed by atoms with Crippen molar-refractivity contribution in [1.82, 2.24) is 5.32 Å². The van der Waals surface area contributed by atoms with Crippen LogP contribution in [0.15, 0.2) is 48.0 Å². The van der Waals surface area contributed by atoms with Gasteiger partial charge in [-0.15, -0.1) is 0 Å². The van der Waals surface area contributed by atoms with Crippen LogP contribution in [0.2, 0.25) is 0 Å². The van der Waals surface area contributed by atoms with E-state index in [2.05, 4.69) is 11.9 Å². The highest BCUT2D eigenvalue weighted by Crippen LogP contribution is 2.36. The molecule has 5 N–H and O–H groups in total. The molecule has 0 fully saturated rings. The molecule has 1 unspecified atom stereocenters. The van der Waals surface area contributed by atoms with Crippen molar-refractivity contribution in [1.29, 1.82) is 0 Å². The quantitative estimate of drug-likeness (QED) is 0.335. The Labute approximate surface area is 129 Å². The lowest BCUT2D eigenvalue weighted by Crippen LogP contribution is -2.30. The number of fused-ring (bicyclic) bond motifs is 1. The fourth-order valence-electron chi connectivity index (χ4n) is 2.57. The summed E-state index contributed by atoms with van der Waals surface area (Å²) >= 11 is 0. The van der Waals surface area contributed by atoms with Crippen molar-refractivity contribution in [3.63, 3.8) is 0 Å². The maximum absolute atomic E-state index is 9.71. The zero-order valence-electron chi connectivity index (χ0n) is 12.5. The SMILES string of the molecule is C=C/C(=C\C(O)=C(/C)O)CC1NCCc2cc(O)c(O)cc21. The van der Waals surface area contributed by atoms with Crippen molar-refractivity contribution in [2.24, 2.45) is 0 Å². The highest BCUT2D eigenvalue weighted by Gasteiger charge is 2.22. The van der Waals surface area contributed by atoms with Gasteiger partial charge in [0.2, 0.25) is 0 Å². The largest absolute Gasteiger partial charge is 0.509 e. The maximum atomic E-state index is 9.71. The fourth-order valence-corrected chi connectivity index (χ4v) is 2.57. The van der Waals surface area contributed by atoms with Crippen molar-refractivity contribution in [2.45, 2.75) is 25.8 Å². The number of nitrogens with one attached hydrogen (secondary N) is 1. The molecule has 118 valence electrons. The highest BCUT2D eigenvalue weighted by atomic mass is 16.3. The number of aromatic hydroxyl groups is 2. The van der Waals surface area contributed by atoms with E-state index in [1.807, 2.05) is 0 Å². The lowest BCUT2D eigenvalue weighted by atomic mass is 9.89. The highest BCUT2D eigenvalue weighted by molar-refractivity contribution is 5.48. The van der Waals surface area contributed by atoms with Crippen molar-refractivity contribution in [2.75, 3.05) is 6.54 Å². The van der Waals surface area contributed by atoms with Crippen LogP contribution in [0.5, 0.6) is 11.5 Å². The molecular weight excluding hydrogens is 282 g/mol. The summed E-state index contributed by atoms with van der Waals surface area (Å²) in [5.41, 5.74) is 2.66. The average molecular weight is 303 g/mol. The number of benzene rings is 1. The average Bonchev–Trinajstić information content (AvgIpc) is 2.48. The monoisotopic (exact) mass is 303 g/mol. The second kappa shape index (κ2) is 6.58. The van der Waals surface area contributed by atoms with Crippen LogP contribution in [0, 0.1) is 0 Å². The van der Waals surface area contributed by atoms with Gasteiger partial charge in [0.1, 0.15) is 5.76 Å². The van der Waals surface area contributed by atoms with Gasteiger partial charge in [0.05, 0.1) is 0 Å². The van der Waals surface area contributed by atoms with Gasteiger partial charge in [-0.25, -0.2) is 0 Å². The fraction of sp³-hybridized carbons (Fsp3) is 0.294. The van der Waals surface area contributed by atoms with E-state index in [4.69, 9.17) is 0 Å². The second-order valence-electron chi connectivity index (χ2n) is 5.39. The summed E-state index contributed by atoms with van der Waals surface area (Å²) < 4.78 is 0. The predicted octanol–water partition coefficient (Wildman–Crippen LogP) is 3.13. The van der Waals surface area contributed by atoms with Gasteiger partial charge in [0, 0.05) is 6.04 Å². The molecule has 0 saturated heterocycles. The normalized spacial score (nSPS) is 19.3. The van der Waals surface area contributed by atoms with Crippen LogP contribution in [0.3, 0.4) is 0 Å². The standard InChI is InChI=1S/C17H21NO4/c1-3-11(7-15(20)10(2)19)6-14-13-9-17(22)16(21)8-12(13)4-5-18-14/h3,7-9,14,18-22H,1,4-6H2,2H3/b11-7+,15-10-. The van der Waals surface area contributed by atoms with Crippen LogP contribution in [0.1, 0.15) is 30.5 Å². The topological polar surface area (TPSA) is 93.0 Å². The predicted molar refractivity (Wildman–Crippen MR) is 85.1 cm³/mol. The number of hydrogen-bond donors (Lipinski definition) is 5. The molecule has 1 aliphatic rings. The summed E-state index contributed by atoms with van der Waals surface area (Å²) in [6.07, 6.45) is 4.40. The van der Waals surface area contributed by atoms with E-state index >= 15 is 0 Å². The van der Waals surface area contributed by atoms with Crippen LogP contribution in [0.25, 0.3) is 0 Å². The Morgan fingerprint density at radius 2 is 2.00 bits per heavy atom. The minimum absolute atomic E-state index is 0.0636. The Morgan fingerprint density at radius 1 is 1.32 bits per heavy atom. The Balaban J connectivity index is 2.30. The van der Waals surface area contributed by atoms with E-state index in [1.54, 1.807) is 18.2 Å². The molecule has 22 heavy (non-hydrogen) atoms. The molecule has 1 aromatic rings. The first kappa shape index (κ1) is 16.0. The number of hydrogen-bond acceptors (Lipinski definition) is 5. The molecule has 2 rings (SSSR count). The van der Waals surface area contributed by atoms with E-state index in [1.165, 1.54) is 13.0 Å². The van der Waals surface area contributed by atoms with Gasteiger partial charge in [-0.1, -0.05) is 12.7 Å². The minimum atomic E-state index is -0.195. The third-order valence-electron chi connectivity index (χ3n) is 3.79. The number of aliphatic hydroxyl groups is 2. The molecule has 0 aliphatic carbocycles. The summed E-state index contributed by atoms with van der Waals surface area (Å²) in [6.45, 7) is 5.89. The molecular formula is C17H21NO4. The zero-order valence-corrected chi connectivity index (χ0v) is 12.5. The van der Waals surface area contributed by atoms with Crippen LogP contribution in [-0.2, 0) is 6.42 Å². The van der Waals surface area contributed by atoms with Crippen molar-refractivity contribution >= 4 is 0 Å². The molecule has 1 aromatic carbocycles. The van der Waals surface area contributed by atoms with Gasteiger partial charge in [0.15, 0.2) is 17.3 Å². The third kappa shape index (κ3) is 3.43. The zero-order chi connectivity index (χ0) is 16.3. The molecule has 1 aliphatic heterocycles. The summed E-state index contributed by atoms with van der Waals surface area (Å²) in [4.78, 5) is 0. The number of allylic oxidation sites excluding steroid dienone is 3. The lowest BCUT2D eigenvalue weighted by molar-refractivity contribution is 0.339. The summed E-state index contributed by atoms with van der Waals surface area (Å²) in [7, 11) is 0. The first-order chi connectivity index (χ1) is 10.4. The molecule has 0 aromatic heterocycles. The first-order valence-corrected chi connectivity index (χ1v) is 7.12. The smallest absolute Gasteiger partial charge is 0.157 e. The summed E-state index contributed by atoms with van der Waals surface area (Å²) in [5.74, 6) is -0.612. The Kier molecular flexibility index (Phi) is 4.78. The van der Waals surface area contributed by atoms with Crippen molar-refractivity contribution in [3.05, 3.63) is 59.1 Å². The molecule has 5 heteroatoms. The third-order valence-corrected chi connectivity index (χ3v) is 3.79. The Hall–Kier alpha value is -2.40. The number of phenols is 2. The molecule has 1 heterocycles. The number of rotatable bonds is 4. The second-order valence-corrected chi connectivity index (χ2v) is 5.39. The molecule has 5 nitrogen and oxygen atoms in total. The number of phenolic OH excluding ortho intramolecular Hbond substituents is 2. The van der Waals surface area contributed by atoms with E-state index in [-0.39, 0.29) is 29.1 Å². The van der Waals surface area contributed by atoms with Gasteiger partial charge in [-0.05, 0) is 61.2 Å². The summed E-state index contributed by atoms with van der Waals surface area (Å²) in [5, 5.41) is 41.6. The van der Waals surface area contributed by atoms with Crippen LogP contribution >= 0.6 is 0 Å². The van der Waals surface area contributed by atoms with Gasteiger partial charge < -0.3 is 25.7 Å². The molecule has 0 amide bonds. The Bertz CT molecular complexity index is 642. The molecule has 0 spiro atoms. The molecule has 1 atom stereocenters. The minimum Gasteiger partial charge on any atom is -0.509 e. The maximum Gasteiger partial charge on any atom is 0.157 e. The lowest BCUT2D eigenvalue weighted by Gasteiger charge is -2.27. The van der Waals surface area contributed by atoms with E-state index in [0.717, 1.165) is 29.7 Å². The van der Waals surface area contributed by atoms with Gasteiger partial charge in [-0.2, -0.15) is 0 Å². The van der Waals surface area contributed by atoms with E-state index < -0.39 is 0 Å². The molecule has 0 radical (unpaired) electrons. The van der Waals surface area contributed by atoms with Crippen LogP contribution < -0.4 is 5.32 Å². The van der Waals surface area contributed by atoms with E-state index in [9.17, 15) is 20.4 Å². The molecule has 0 saturated carbocycles. The first-order valence-electron chi connectivity index (χ1n) is 7.12. The molecule has 0 bridgehead atoms.